The van der Waals surface area contributed by atoms with Crippen molar-refractivity contribution >= 4 is 35.0 Å². The van der Waals surface area contributed by atoms with Crippen molar-refractivity contribution < 1.29 is 38.5 Å². The van der Waals surface area contributed by atoms with Crippen molar-refractivity contribution in [3.05, 3.63) is 95.7 Å². The zero-order valence-corrected chi connectivity index (χ0v) is 27.6. The van der Waals surface area contributed by atoms with Gasteiger partial charge in [-0.15, -0.1) is 0 Å². The van der Waals surface area contributed by atoms with E-state index in [4.69, 9.17) is 14.2 Å². The molecule has 0 saturated carbocycles. The van der Waals surface area contributed by atoms with Gasteiger partial charge in [0, 0.05) is 23.9 Å². The van der Waals surface area contributed by atoms with Crippen LogP contribution in [0.15, 0.2) is 79.0 Å². The van der Waals surface area contributed by atoms with E-state index in [1.165, 1.54) is 4.57 Å². The van der Waals surface area contributed by atoms with E-state index in [1.54, 1.807) is 59.0 Å². The quantitative estimate of drug-likeness (QED) is 0.251. The van der Waals surface area contributed by atoms with Gasteiger partial charge in [-0.3, -0.25) is 14.3 Å². The Labute approximate surface area is 278 Å². The first kappa shape index (κ1) is 32.8. The molecular weight excluding hydrogens is 614 g/mol. The molecule has 0 spiro atoms. The molecule has 3 aromatic carbocycles. The maximum absolute atomic E-state index is 14.3. The van der Waals surface area contributed by atoms with E-state index >= 15 is 0 Å². The van der Waals surface area contributed by atoms with Crippen LogP contribution in [0, 0.1) is 0 Å². The number of carboxylic acids is 1. The molecule has 0 bridgehead atoms. The number of aliphatic carboxylic acids is 1. The zero-order valence-electron chi connectivity index (χ0n) is 27.6. The van der Waals surface area contributed by atoms with Crippen molar-refractivity contribution in [3.8, 4) is 11.1 Å². The van der Waals surface area contributed by atoms with Crippen LogP contribution in [-0.4, -0.2) is 75.3 Å². The minimum atomic E-state index is -1.26. The van der Waals surface area contributed by atoms with Crippen LogP contribution < -0.4 is 5.32 Å². The summed E-state index contributed by atoms with van der Waals surface area (Å²) in [5, 5.41) is 13.3. The second kappa shape index (κ2) is 12.5. The van der Waals surface area contributed by atoms with Gasteiger partial charge in [-0.05, 0) is 68.5 Å². The topological polar surface area (TPSA) is 136 Å². The van der Waals surface area contributed by atoms with Crippen LogP contribution in [0.25, 0.3) is 22.0 Å². The highest BCUT2D eigenvalue weighted by Gasteiger charge is 2.49. The molecule has 0 radical (unpaired) electrons. The van der Waals surface area contributed by atoms with Crippen molar-refractivity contribution in [1.29, 1.82) is 0 Å². The van der Waals surface area contributed by atoms with Gasteiger partial charge < -0.3 is 24.6 Å². The van der Waals surface area contributed by atoms with Crippen molar-refractivity contribution in [1.82, 2.24) is 14.8 Å². The summed E-state index contributed by atoms with van der Waals surface area (Å²) in [6.45, 7) is 8.33. The van der Waals surface area contributed by atoms with Crippen molar-refractivity contribution in [2.45, 2.75) is 70.4 Å². The van der Waals surface area contributed by atoms with Gasteiger partial charge in [-0.25, -0.2) is 14.4 Å². The number of ether oxygens (including phenoxy) is 3. The average Bonchev–Trinajstić information content (AvgIpc) is 3.67. The van der Waals surface area contributed by atoms with Crippen LogP contribution in [0.5, 0.6) is 0 Å². The molecule has 11 heteroatoms. The molecular formula is C37H39N3O8. The lowest BCUT2D eigenvalue weighted by atomic mass is 9.98. The molecule has 1 fully saturated rings. The fourth-order valence-electron chi connectivity index (χ4n) is 6.65. The summed E-state index contributed by atoms with van der Waals surface area (Å²) in [6, 6.07) is 20.5. The van der Waals surface area contributed by atoms with Crippen LogP contribution >= 0.6 is 0 Å². The number of carboxylic acid groups (broad SMARTS) is 1. The maximum atomic E-state index is 14.3. The molecule has 1 saturated heterocycles. The smallest absolute Gasteiger partial charge is 0.419 e. The predicted molar refractivity (Wildman–Crippen MR) is 178 cm³/mol. The maximum Gasteiger partial charge on any atom is 0.419 e. The van der Waals surface area contributed by atoms with E-state index in [2.05, 4.69) is 5.32 Å². The number of fused-ring (bicyclic) bond motifs is 4. The van der Waals surface area contributed by atoms with Gasteiger partial charge in [0.2, 0.25) is 5.91 Å². The number of carbonyl (C=O) groups is 4. The SMILES string of the molecule is CC(C)(C)OC(=O)n1cc(CC(NC(=O)OCC2c3ccccc3-c3ccccc32)C(=O)N2C(C(=O)O)COC2(C)C)c2ccccc21. The molecule has 250 valence electrons. The molecule has 1 aromatic heterocycles. The number of hydrogen-bond donors (Lipinski definition) is 2. The van der Waals surface area contributed by atoms with Gasteiger partial charge in [-0.1, -0.05) is 66.7 Å². The minimum Gasteiger partial charge on any atom is -0.480 e. The first-order chi connectivity index (χ1) is 22.7. The third kappa shape index (κ3) is 6.25. The molecule has 2 amide bonds. The summed E-state index contributed by atoms with van der Waals surface area (Å²) in [7, 11) is 0. The molecule has 2 aliphatic rings. The summed E-state index contributed by atoms with van der Waals surface area (Å²) >= 11 is 0. The third-order valence-corrected chi connectivity index (χ3v) is 8.75. The largest absolute Gasteiger partial charge is 0.480 e. The summed E-state index contributed by atoms with van der Waals surface area (Å²) in [5.41, 5.74) is 3.34. The zero-order chi connectivity index (χ0) is 34.4. The van der Waals surface area contributed by atoms with E-state index in [1.807, 2.05) is 54.6 Å². The molecule has 1 aliphatic heterocycles. The van der Waals surface area contributed by atoms with E-state index in [0.29, 0.717) is 16.5 Å². The molecule has 2 N–H and O–H groups in total. The Kier molecular flexibility index (Phi) is 8.51. The molecule has 11 nitrogen and oxygen atoms in total. The molecule has 4 aromatic rings. The number of alkyl carbamates (subject to hydrolysis) is 1. The lowest BCUT2D eigenvalue weighted by molar-refractivity contribution is -0.156. The Morgan fingerprint density at radius 2 is 1.56 bits per heavy atom. The van der Waals surface area contributed by atoms with Gasteiger partial charge in [0.1, 0.15) is 24.0 Å². The predicted octanol–water partition coefficient (Wildman–Crippen LogP) is 5.92. The highest BCUT2D eigenvalue weighted by molar-refractivity contribution is 5.94. The summed E-state index contributed by atoms with van der Waals surface area (Å²) in [6.07, 6.45) is 0.0741. The fraction of sp³-hybridized carbons (Fsp3) is 0.351. The van der Waals surface area contributed by atoms with Gasteiger partial charge in [-0.2, -0.15) is 0 Å². The first-order valence-corrected chi connectivity index (χ1v) is 15.9. The number of nitrogens with zero attached hydrogens (tertiary/aromatic N) is 2. The average molecular weight is 654 g/mol. The lowest BCUT2D eigenvalue weighted by Gasteiger charge is -2.35. The number of para-hydroxylation sites is 1. The number of nitrogens with one attached hydrogen (secondary N) is 1. The normalized spacial score (nSPS) is 17.4. The molecule has 1 aliphatic carbocycles. The van der Waals surface area contributed by atoms with E-state index in [9.17, 15) is 24.3 Å². The van der Waals surface area contributed by atoms with Gasteiger partial charge >= 0.3 is 18.2 Å². The van der Waals surface area contributed by atoms with Crippen molar-refractivity contribution in [2.24, 2.45) is 0 Å². The van der Waals surface area contributed by atoms with Crippen LogP contribution in [0.1, 0.15) is 57.2 Å². The summed E-state index contributed by atoms with van der Waals surface area (Å²) in [4.78, 5) is 54.3. The van der Waals surface area contributed by atoms with Crippen LogP contribution in [0.3, 0.4) is 0 Å². The van der Waals surface area contributed by atoms with E-state index in [0.717, 1.165) is 27.2 Å². The summed E-state index contributed by atoms with van der Waals surface area (Å²) in [5.74, 6) is -2.09. The van der Waals surface area contributed by atoms with Crippen LogP contribution in [-0.2, 0) is 30.2 Å². The molecule has 2 unspecified atom stereocenters. The molecule has 6 rings (SSSR count). The van der Waals surface area contributed by atoms with Crippen LogP contribution in [0.4, 0.5) is 9.59 Å². The van der Waals surface area contributed by atoms with E-state index < -0.39 is 47.5 Å². The Hall–Kier alpha value is -5.16. The Morgan fingerprint density at radius 3 is 2.19 bits per heavy atom. The molecule has 2 heterocycles. The Balaban J connectivity index is 1.30. The van der Waals surface area contributed by atoms with Gasteiger partial charge in [0.25, 0.3) is 0 Å². The summed E-state index contributed by atoms with van der Waals surface area (Å²) < 4.78 is 18.5. The number of benzene rings is 3. The Morgan fingerprint density at radius 1 is 0.958 bits per heavy atom. The van der Waals surface area contributed by atoms with E-state index in [-0.39, 0.29) is 25.6 Å². The number of hydrogen-bond acceptors (Lipinski definition) is 7. The van der Waals surface area contributed by atoms with Crippen LogP contribution in [0.2, 0.25) is 0 Å². The second-order valence-corrected chi connectivity index (χ2v) is 13.6. The molecule has 48 heavy (non-hydrogen) atoms. The first-order valence-electron chi connectivity index (χ1n) is 15.9. The minimum absolute atomic E-state index is 0.0226. The van der Waals surface area contributed by atoms with Gasteiger partial charge in [0.15, 0.2) is 6.04 Å². The fourth-order valence-corrected chi connectivity index (χ4v) is 6.65. The second-order valence-electron chi connectivity index (χ2n) is 13.6. The molecule has 2 atom stereocenters. The highest BCUT2D eigenvalue weighted by Crippen LogP contribution is 2.44. The monoisotopic (exact) mass is 653 g/mol. The number of aromatic nitrogens is 1. The number of rotatable bonds is 7. The Bertz CT molecular complexity index is 1860. The number of amides is 2. The highest BCUT2D eigenvalue weighted by atomic mass is 16.6. The van der Waals surface area contributed by atoms with Crippen molar-refractivity contribution in [2.75, 3.05) is 13.2 Å². The lowest BCUT2D eigenvalue weighted by Crippen LogP contribution is -2.58. The standard InChI is InChI=1S/C37H39N3O8/c1-36(2,3)48-35(45)39-19-22(23-12-10-11-17-30(23)39)18-29(32(41)40-31(33(42)43)21-47-37(40,4)5)38-34(44)46-20-28-26-15-8-6-13-24(26)25-14-7-9-16-27(25)28/h6-17,19,28-29,31H,18,20-21H2,1-5H3,(H,38,44)(H,42,43). The third-order valence-electron chi connectivity index (χ3n) is 8.75. The van der Waals surface area contributed by atoms with Gasteiger partial charge in [0.05, 0.1) is 12.1 Å². The number of carbonyl (C=O) groups excluding carboxylic acids is 3. The van der Waals surface area contributed by atoms with Crippen molar-refractivity contribution in [3.63, 3.8) is 0 Å².